The van der Waals surface area contributed by atoms with Crippen molar-refractivity contribution in [2.45, 2.75) is 32.1 Å². The van der Waals surface area contributed by atoms with Gasteiger partial charge in [0, 0.05) is 18.9 Å². The summed E-state index contributed by atoms with van der Waals surface area (Å²) in [5.74, 6) is 0.969. The number of aromatic nitrogens is 3. The van der Waals surface area contributed by atoms with Gasteiger partial charge in [-0.25, -0.2) is 4.98 Å². The molecule has 1 aliphatic rings. The molecule has 15 heavy (non-hydrogen) atoms. The van der Waals surface area contributed by atoms with Gasteiger partial charge in [-0.1, -0.05) is 13.8 Å². The van der Waals surface area contributed by atoms with Crippen LogP contribution in [0.2, 0.25) is 0 Å². The average molecular weight is 209 g/mol. The highest BCUT2D eigenvalue weighted by atomic mass is 16.4. The van der Waals surface area contributed by atoms with E-state index >= 15 is 0 Å². The van der Waals surface area contributed by atoms with Gasteiger partial charge >= 0.3 is 5.97 Å². The lowest BCUT2D eigenvalue weighted by molar-refractivity contribution is -0.138. The Morgan fingerprint density at radius 2 is 2.27 bits per heavy atom. The monoisotopic (exact) mass is 209 g/mol. The molecule has 1 aliphatic carbocycles. The second-order valence-electron chi connectivity index (χ2n) is 4.39. The Hall–Kier alpha value is -1.39. The standard InChI is InChI=1S/C10H15N3O2/c1-5(2)8-11-9(13(3)12-8)6-4-7(6)10(14)15/h5-7H,4H2,1-3H3,(H,14,15). The van der Waals surface area contributed by atoms with Crippen LogP contribution >= 0.6 is 0 Å². The summed E-state index contributed by atoms with van der Waals surface area (Å²) < 4.78 is 1.71. The van der Waals surface area contributed by atoms with Crippen LogP contribution in [-0.4, -0.2) is 25.8 Å². The van der Waals surface area contributed by atoms with Crippen molar-refractivity contribution in [2.24, 2.45) is 13.0 Å². The molecule has 0 saturated heterocycles. The van der Waals surface area contributed by atoms with Crippen molar-refractivity contribution in [3.63, 3.8) is 0 Å². The number of aryl methyl sites for hydroxylation is 1. The first-order chi connectivity index (χ1) is 7.00. The Morgan fingerprint density at radius 1 is 1.60 bits per heavy atom. The molecule has 1 aromatic rings. The highest BCUT2D eigenvalue weighted by molar-refractivity contribution is 5.74. The topological polar surface area (TPSA) is 68.0 Å². The van der Waals surface area contributed by atoms with Crippen molar-refractivity contribution in [3.05, 3.63) is 11.6 Å². The first kappa shape index (κ1) is 10.1. The van der Waals surface area contributed by atoms with Crippen LogP contribution in [0.4, 0.5) is 0 Å². The lowest BCUT2D eigenvalue weighted by atomic mass is 10.2. The fourth-order valence-electron chi connectivity index (χ4n) is 1.74. The van der Waals surface area contributed by atoms with Gasteiger partial charge in [-0.2, -0.15) is 5.10 Å². The van der Waals surface area contributed by atoms with Crippen molar-refractivity contribution in [1.29, 1.82) is 0 Å². The number of carboxylic acids is 1. The molecule has 0 amide bonds. The highest BCUT2D eigenvalue weighted by Crippen LogP contribution is 2.46. The molecule has 0 aromatic carbocycles. The Bertz CT molecular complexity index is 397. The predicted molar refractivity (Wildman–Crippen MR) is 53.6 cm³/mol. The lowest BCUT2D eigenvalue weighted by Gasteiger charge is -1.95. The van der Waals surface area contributed by atoms with Crippen molar-refractivity contribution in [3.8, 4) is 0 Å². The molecule has 0 spiro atoms. The van der Waals surface area contributed by atoms with E-state index in [4.69, 9.17) is 5.11 Å². The Morgan fingerprint density at radius 3 is 2.67 bits per heavy atom. The van der Waals surface area contributed by atoms with Gasteiger partial charge in [-0.3, -0.25) is 9.48 Å². The second kappa shape index (κ2) is 3.32. The molecule has 2 atom stereocenters. The van der Waals surface area contributed by atoms with Crippen LogP contribution in [0.1, 0.15) is 43.8 Å². The van der Waals surface area contributed by atoms with Crippen molar-refractivity contribution in [1.82, 2.24) is 14.8 Å². The number of aliphatic carboxylic acids is 1. The molecule has 0 radical (unpaired) electrons. The number of nitrogens with zero attached hydrogens (tertiary/aromatic N) is 3. The number of hydrogen-bond donors (Lipinski definition) is 1. The molecule has 82 valence electrons. The van der Waals surface area contributed by atoms with E-state index in [1.54, 1.807) is 4.68 Å². The molecule has 5 heteroatoms. The normalized spacial score (nSPS) is 24.5. The average Bonchev–Trinajstić information content (AvgIpc) is 2.84. The maximum atomic E-state index is 10.7. The molecule has 2 rings (SSSR count). The second-order valence-corrected chi connectivity index (χ2v) is 4.39. The molecule has 1 saturated carbocycles. The predicted octanol–water partition coefficient (Wildman–Crippen LogP) is 1.13. The van der Waals surface area contributed by atoms with E-state index in [2.05, 4.69) is 10.1 Å². The van der Waals surface area contributed by atoms with Gasteiger partial charge < -0.3 is 5.11 Å². The summed E-state index contributed by atoms with van der Waals surface area (Å²) in [4.78, 5) is 15.1. The molecule has 5 nitrogen and oxygen atoms in total. The van der Waals surface area contributed by atoms with Crippen LogP contribution in [0.3, 0.4) is 0 Å². The minimum absolute atomic E-state index is 0.0625. The Labute approximate surface area is 88.1 Å². The number of hydrogen-bond acceptors (Lipinski definition) is 3. The summed E-state index contributed by atoms with van der Waals surface area (Å²) in [5.41, 5.74) is 0. The van der Waals surface area contributed by atoms with Gasteiger partial charge in [-0.15, -0.1) is 0 Å². The summed E-state index contributed by atoms with van der Waals surface area (Å²) >= 11 is 0. The third kappa shape index (κ3) is 1.73. The van der Waals surface area contributed by atoms with Gasteiger partial charge in [-0.05, 0) is 6.42 Å². The van der Waals surface area contributed by atoms with Crippen LogP contribution in [-0.2, 0) is 11.8 Å². The zero-order valence-corrected chi connectivity index (χ0v) is 9.14. The van der Waals surface area contributed by atoms with Gasteiger partial charge in [0.05, 0.1) is 5.92 Å². The zero-order chi connectivity index (χ0) is 11.2. The van der Waals surface area contributed by atoms with E-state index in [9.17, 15) is 4.79 Å². The van der Waals surface area contributed by atoms with E-state index in [0.29, 0.717) is 6.42 Å². The van der Waals surface area contributed by atoms with E-state index < -0.39 is 5.97 Å². The van der Waals surface area contributed by atoms with Crippen LogP contribution < -0.4 is 0 Å². The minimum Gasteiger partial charge on any atom is -0.481 e. The summed E-state index contributed by atoms with van der Waals surface area (Å²) in [6.45, 7) is 4.06. The van der Waals surface area contributed by atoms with Crippen LogP contribution in [0.15, 0.2) is 0 Å². The molecule has 1 heterocycles. The number of carbonyl (C=O) groups is 1. The Kier molecular flexibility index (Phi) is 2.25. The number of carboxylic acid groups (broad SMARTS) is 1. The van der Waals surface area contributed by atoms with Crippen LogP contribution in [0.25, 0.3) is 0 Å². The zero-order valence-electron chi connectivity index (χ0n) is 9.14. The summed E-state index contributed by atoms with van der Waals surface area (Å²) in [6.07, 6.45) is 0.694. The summed E-state index contributed by atoms with van der Waals surface area (Å²) in [7, 11) is 1.82. The van der Waals surface area contributed by atoms with Gasteiger partial charge in [0.1, 0.15) is 5.82 Å². The SMILES string of the molecule is CC(C)c1nc(C2CC2C(=O)O)n(C)n1. The maximum absolute atomic E-state index is 10.7. The minimum atomic E-state index is -0.728. The van der Waals surface area contributed by atoms with E-state index in [1.165, 1.54) is 0 Å². The largest absolute Gasteiger partial charge is 0.481 e. The maximum Gasteiger partial charge on any atom is 0.307 e. The van der Waals surface area contributed by atoms with Crippen molar-refractivity contribution < 1.29 is 9.90 Å². The van der Waals surface area contributed by atoms with Crippen molar-refractivity contribution in [2.75, 3.05) is 0 Å². The van der Waals surface area contributed by atoms with E-state index in [1.807, 2.05) is 20.9 Å². The lowest BCUT2D eigenvalue weighted by Crippen LogP contribution is -2.03. The van der Waals surface area contributed by atoms with Crippen LogP contribution in [0.5, 0.6) is 0 Å². The Balaban J connectivity index is 2.20. The fourth-order valence-corrected chi connectivity index (χ4v) is 1.74. The third-order valence-electron chi connectivity index (χ3n) is 2.77. The van der Waals surface area contributed by atoms with Gasteiger partial charge in [0.15, 0.2) is 5.82 Å². The first-order valence-electron chi connectivity index (χ1n) is 5.14. The van der Waals surface area contributed by atoms with Gasteiger partial charge in [0.2, 0.25) is 0 Å². The molecular weight excluding hydrogens is 194 g/mol. The van der Waals surface area contributed by atoms with Gasteiger partial charge in [0.25, 0.3) is 0 Å². The molecular formula is C10H15N3O2. The molecule has 0 bridgehead atoms. The quantitative estimate of drug-likeness (QED) is 0.810. The first-order valence-corrected chi connectivity index (χ1v) is 5.14. The molecule has 1 fully saturated rings. The molecule has 0 aliphatic heterocycles. The molecule has 2 unspecified atom stereocenters. The number of rotatable bonds is 3. The van der Waals surface area contributed by atoms with E-state index in [0.717, 1.165) is 11.6 Å². The third-order valence-corrected chi connectivity index (χ3v) is 2.77. The highest BCUT2D eigenvalue weighted by Gasteiger charge is 2.47. The van der Waals surface area contributed by atoms with Crippen LogP contribution in [0, 0.1) is 5.92 Å². The smallest absolute Gasteiger partial charge is 0.307 e. The van der Waals surface area contributed by atoms with E-state index in [-0.39, 0.29) is 17.8 Å². The summed E-state index contributed by atoms with van der Waals surface area (Å²) in [5, 5.41) is 13.1. The fraction of sp³-hybridized carbons (Fsp3) is 0.700. The molecule has 1 N–H and O–H groups in total. The summed E-state index contributed by atoms with van der Waals surface area (Å²) in [6, 6.07) is 0. The van der Waals surface area contributed by atoms with Crippen molar-refractivity contribution >= 4 is 5.97 Å². The molecule has 1 aromatic heterocycles.